The molecule has 110 valence electrons. The van der Waals surface area contributed by atoms with Crippen LogP contribution in [0, 0.1) is 5.92 Å². The summed E-state index contributed by atoms with van der Waals surface area (Å²) < 4.78 is 0. The summed E-state index contributed by atoms with van der Waals surface area (Å²) in [6, 6.07) is -0.414. The first-order chi connectivity index (χ1) is 9.04. The van der Waals surface area contributed by atoms with Gasteiger partial charge in [-0.25, -0.2) is 4.79 Å². The van der Waals surface area contributed by atoms with E-state index < -0.39 is 5.97 Å². The Balaban J connectivity index is 2.29. The highest BCUT2D eigenvalue weighted by Gasteiger charge is 2.21. The SMILES string of the molecule is CCN(C(=O)NCCC1CCCC1)C(C)CC(=O)O. The van der Waals surface area contributed by atoms with Crippen molar-refractivity contribution in [2.45, 2.75) is 58.4 Å². The molecule has 0 bridgehead atoms. The van der Waals surface area contributed by atoms with Crippen LogP contribution in [0.15, 0.2) is 0 Å². The highest BCUT2D eigenvalue weighted by atomic mass is 16.4. The number of carbonyl (C=O) groups excluding carboxylic acids is 1. The molecule has 0 aromatic rings. The number of rotatable bonds is 7. The van der Waals surface area contributed by atoms with Gasteiger partial charge in [0.2, 0.25) is 0 Å². The third-order valence-electron chi connectivity index (χ3n) is 3.91. The maximum absolute atomic E-state index is 12.0. The van der Waals surface area contributed by atoms with Crippen molar-refractivity contribution in [1.29, 1.82) is 0 Å². The topological polar surface area (TPSA) is 69.6 Å². The minimum atomic E-state index is -0.871. The second kappa shape index (κ2) is 8.02. The van der Waals surface area contributed by atoms with Crippen LogP contribution in [0.3, 0.4) is 0 Å². The monoisotopic (exact) mass is 270 g/mol. The molecular formula is C14H26N2O3. The molecule has 0 heterocycles. The molecule has 1 rings (SSSR count). The van der Waals surface area contributed by atoms with Crippen molar-refractivity contribution in [1.82, 2.24) is 10.2 Å². The van der Waals surface area contributed by atoms with E-state index in [-0.39, 0.29) is 18.5 Å². The molecule has 5 nitrogen and oxygen atoms in total. The Morgan fingerprint density at radius 1 is 1.37 bits per heavy atom. The number of nitrogens with zero attached hydrogens (tertiary/aromatic N) is 1. The minimum absolute atomic E-state index is 0.0100. The van der Waals surface area contributed by atoms with E-state index in [0.717, 1.165) is 12.3 Å². The Labute approximate surface area is 115 Å². The number of urea groups is 1. The predicted molar refractivity (Wildman–Crippen MR) is 74.1 cm³/mol. The van der Waals surface area contributed by atoms with Gasteiger partial charge in [0.05, 0.1) is 6.42 Å². The van der Waals surface area contributed by atoms with Crippen LogP contribution >= 0.6 is 0 Å². The van der Waals surface area contributed by atoms with Crippen LogP contribution in [0.25, 0.3) is 0 Å². The number of carboxylic acid groups (broad SMARTS) is 1. The Bertz CT molecular complexity index is 301. The first-order valence-corrected chi connectivity index (χ1v) is 7.30. The smallest absolute Gasteiger partial charge is 0.317 e. The van der Waals surface area contributed by atoms with Crippen LogP contribution in [0.1, 0.15) is 52.4 Å². The molecule has 19 heavy (non-hydrogen) atoms. The molecule has 1 unspecified atom stereocenters. The highest BCUT2D eigenvalue weighted by molar-refractivity contribution is 5.75. The molecule has 1 fully saturated rings. The van der Waals surface area contributed by atoms with E-state index in [1.807, 2.05) is 6.92 Å². The minimum Gasteiger partial charge on any atom is -0.481 e. The fraction of sp³-hybridized carbons (Fsp3) is 0.857. The molecule has 1 atom stereocenters. The van der Waals surface area contributed by atoms with Crippen molar-refractivity contribution >= 4 is 12.0 Å². The molecule has 2 amide bonds. The summed E-state index contributed by atoms with van der Waals surface area (Å²) in [5.74, 6) is -0.114. The summed E-state index contributed by atoms with van der Waals surface area (Å²) in [5.41, 5.74) is 0. The van der Waals surface area contributed by atoms with Gasteiger partial charge in [-0.2, -0.15) is 0 Å². The molecule has 5 heteroatoms. The lowest BCUT2D eigenvalue weighted by atomic mass is 10.0. The van der Waals surface area contributed by atoms with Gasteiger partial charge in [-0.3, -0.25) is 4.79 Å². The van der Waals surface area contributed by atoms with Crippen LogP contribution in [0.5, 0.6) is 0 Å². The Morgan fingerprint density at radius 2 is 2.00 bits per heavy atom. The fourth-order valence-electron chi connectivity index (χ4n) is 2.80. The van der Waals surface area contributed by atoms with E-state index in [0.29, 0.717) is 13.1 Å². The maximum atomic E-state index is 12.0. The maximum Gasteiger partial charge on any atom is 0.317 e. The number of hydrogen-bond donors (Lipinski definition) is 2. The van der Waals surface area contributed by atoms with Crippen LogP contribution in [0.4, 0.5) is 4.79 Å². The Hall–Kier alpha value is -1.26. The Kier molecular flexibility index (Phi) is 6.67. The third kappa shape index (κ3) is 5.49. The number of carbonyl (C=O) groups is 2. The van der Waals surface area contributed by atoms with Crippen LogP contribution < -0.4 is 5.32 Å². The average molecular weight is 270 g/mol. The van der Waals surface area contributed by atoms with Gasteiger partial charge in [0.15, 0.2) is 0 Å². The van der Waals surface area contributed by atoms with Gasteiger partial charge in [0.1, 0.15) is 0 Å². The molecule has 0 saturated heterocycles. The van der Waals surface area contributed by atoms with Crippen LogP contribution in [-0.2, 0) is 4.79 Å². The van der Waals surface area contributed by atoms with Gasteiger partial charge >= 0.3 is 12.0 Å². The molecule has 0 aliphatic heterocycles. The van der Waals surface area contributed by atoms with E-state index in [1.54, 1.807) is 11.8 Å². The first kappa shape index (κ1) is 15.8. The van der Waals surface area contributed by atoms with Gasteiger partial charge in [-0.15, -0.1) is 0 Å². The zero-order chi connectivity index (χ0) is 14.3. The zero-order valence-corrected chi connectivity index (χ0v) is 12.0. The molecule has 0 aromatic carbocycles. The van der Waals surface area contributed by atoms with E-state index in [2.05, 4.69) is 5.32 Å². The summed E-state index contributed by atoms with van der Waals surface area (Å²) in [6.07, 6.45) is 6.22. The van der Waals surface area contributed by atoms with Gasteiger partial charge in [0, 0.05) is 19.1 Å². The van der Waals surface area contributed by atoms with E-state index >= 15 is 0 Å². The predicted octanol–water partition coefficient (Wildman–Crippen LogP) is 2.46. The molecule has 1 aliphatic carbocycles. The van der Waals surface area contributed by atoms with Crippen LogP contribution in [0.2, 0.25) is 0 Å². The van der Waals surface area contributed by atoms with E-state index in [1.165, 1.54) is 25.7 Å². The molecule has 0 aromatic heterocycles. The lowest BCUT2D eigenvalue weighted by Crippen LogP contribution is -2.46. The third-order valence-corrected chi connectivity index (χ3v) is 3.91. The fourth-order valence-corrected chi connectivity index (χ4v) is 2.80. The number of amides is 2. The van der Waals surface area contributed by atoms with E-state index in [9.17, 15) is 9.59 Å². The number of aliphatic carboxylic acids is 1. The molecule has 1 aliphatic rings. The van der Waals surface area contributed by atoms with Gasteiger partial charge in [0.25, 0.3) is 0 Å². The highest BCUT2D eigenvalue weighted by Crippen LogP contribution is 2.26. The molecular weight excluding hydrogens is 244 g/mol. The summed E-state index contributed by atoms with van der Waals surface area (Å²) in [4.78, 5) is 24.3. The van der Waals surface area contributed by atoms with Gasteiger partial charge in [-0.05, 0) is 26.2 Å². The number of hydrogen-bond acceptors (Lipinski definition) is 2. The molecule has 0 radical (unpaired) electrons. The van der Waals surface area contributed by atoms with Crippen molar-refractivity contribution in [3.8, 4) is 0 Å². The van der Waals surface area contributed by atoms with Gasteiger partial charge < -0.3 is 15.3 Å². The molecule has 0 spiro atoms. The summed E-state index contributed by atoms with van der Waals surface area (Å²) in [7, 11) is 0. The quantitative estimate of drug-likeness (QED) is 0.746. The number of nitrogens with one attached hydrogen (secondary N) is 1. The second-order valence-electron chi connectivity index (χ2n) is 5.40. The summed E-state index contributed by atoms with van der Waals surface area (Å²) >= 11 is 0. The van der Waals surface area contributed by atoms with Crippen LogP contribution in [-0.4, -0.2) is 41.1 Å². The largest absolute Gasteiger partial charge is 0.481 e. The van der Waals surface area contributed by atoms with Gasteiger partial charge in [-0.1, -0.05) is 25.7 Å². The normalized spacial score (nSPS) is 17.2. The molecule has 1 saturated carbocycles. The van der Waals surface area contributed by atoms with Crippen molar-refractivity contribution in [3.63, 3.8) is 0 Å². The standard InChI is InChI=1S/C14H26N2O3/c1-3-16(11(2)10-13(17)18)14(19)15-9-8-12-6-4-5-7-12/h11-12H,3-10H2,1-2H3,(H,15,19)(H,17,18). The van der Waals surface area contributed by atoms with Crippen molar-refractivity contribution in [2.24, 2.45) is 5.92 Å². The molecule has 2 N–H and O–H groups in total. The number of carboxylic acids is 1. The average Bonchev–Trinajstić information content (AvgIpc) is 2.82. The summed E-state index contributed by atoms with van der Waals surface area (Å²) in [6.45, 7) is 4.87. The lowest BCUT2D eigenvalue weighted by Gasteiger charge is -2.27. The lowest BCUT2D eigenvalue weighted by molar-refractivity contribution is -0.138. The summed E-state index contributed by atoms with van der Waals surface area (Å²) in [5, 5.41) is 11.7. The van der Waals surface area contributed by atoms with E-state index in [4.69, 9.17) is 5.11 Å². The van der Waals surface area contributed by atoms with Crippen molar-refractivity contribution in [2.75, 3.05) is 13.1 Å². The van der Waals surface area contributed by atoms with Crippen molar-refractivity contribution in [3.05, 3.63) is 0 Å². The zero-order valence-electron chi connectivity index (χ0n) is 12.0. The second-order valence-corrected chi connectivity index (χ2v) is 5.40. The Morgan fingerprint density at radius 3 is 2.53 bits per heavy atom. The first-order valence-electron chi connectivity index (χ1n) is 7.30. The van der Waals surface area contributed by atoms with Crippen molar-refractivity contribution < 1.29 is 14.7 Å².